The Balaban J connectivity index is 1.99. The molecule has 0 fully saturated rings. The van der Waals surface area contributed by atoms with Gasteiger partial charge >= 0.3 is 0 Å². The molecule has 0 aliphatic heterocycles. The lowest BCUT2D eigenvalue weighted by Crippen LogP contribution is -2.26. The fraction of sp³-hybridized carbons (Fsp3) is 0.261. The van der Waals surface area contributed by atoms with Crippen molar-refractivity contribution >= 4 is 17.9 Å². The number of hydrogen-bond donors (Lipinski definition) is 0. The van der Waals surface area contributed by atoms with Gasteiger partial charge in [0.15, 0.2) is 17.2 Å². The van der Waals surface area contributed by atoms with Crippen LogP contribution in [0.25, 0.3) is 12.2 Å². The maximum Gasteiger partial charge on any atom is 0.161 e. The number of allylic oxidation sites excluding steroid dienone is 2. The first-order valence-corrected chi connectivity index (χ1v) is 9.21. The summed E-state index contributed by atoms with van der Waals surface area (Å²) in [6.45, 7) is 0.351. The van der Waals surface area contributed by atoms with Gasteiger partial charge in [-0.05, 0) is 35.6 Å². The van der Waals surface area contributed by atoms with E-state index in [1.165, 1.54) is 0 Å². The highest BCUT2D eigenvalue weighted by Crippen LogP contribution is 2.27. The summed E-state index contributed by atoms with van der Waals surface area (Å²) in [5.41, 5.74) is 2.68. The molecule has 0 spiro atoms. The lowest BCUT2D eigenvalue weighted by molar-refractivity contribution is 0.149. The topological polar surface area (TPSA) is 54.2 Å². The van der Waals surface area contributed by atoms with Crippen LogP contribution in [0.1, 0.15) is 17.5 Å². The first-order chi connectivity index (χ1) is 14.1. The van der Waals surface area contributed by atoms with Crippen LogP contribution in [-0.2, 0) is 16.6 Å². The quantitative estimate of drug-likeness (QED) is 0.364. The van der Waals surface area contributed by atoms with Crippen molar-refractivity contribution in [3.8, 4) is 23.8 Å². The summed E-state index contributed by atoms with van der Waals surface area (Å²) in [4.78, 5) is 5.47. The highest BCUT2D eigenvalue weighted by Gasteiger charge is 2.26. The van der Waals surface area contributed by atoms with Crippen LogP contribution in [0.5, 0.6) is 11.5 Å². The van der Waals surface area contributed by atoms with Gasteiger partial charge in [-0.3, -0.25) is 0 Å². The van der Waals surface area contributed by atoms with Crippen LogP contribution in [0.15, 0.2) is 29.1 Å². The van der Waals surface area contributed by atoms with E-state index >= 15 is 0 Å². The second kappa shape index (κ2) is 7.44. The molecule has 1 aromatic carbocycles. The summed E-state index contributed by atoms with van der Waals surface area (Å²) in [6.07, 6.45) is 11.9. The van der Waals surface area contributed by atoms with Crippen molar-refractivity contribution in [2.75, 3.05) is 27.9 Å². The molecule has 1 heterocycles. The van der Waals surface area contributed by atoms with E-state index in [4.69, 9.17) is 25.5 Å². The third kappa shape index (κ3) is 2.87. The summed E-state index contributed by atoms with van der Waals surface area (Å²) in [5, 5.41) is 8.62. The molecule has 0 saturated carbocycles. The van der Waals surface area contributed by atoms with E-state index in [9.17, 15) is 0 Å². The zero-order valence-electron chi connectivity index (χ0n) is 16.9. The van der Waals surface area contributed by atoms with E-state index in [0.717, 1.165) is 32.3 Å². The van der Waals surface area contributed by atoms with Gasteiger partial charge in [0.05, 0.1) is 32.0 Å². The third-order valence-electron chi connectivity index (χ3n) is 5.16. The summed E-state index contributed by atoms with van der Waals surface area (Å²) >= 11 is 0. The average molecular weight is 390 g/mol. The Morgan fingerprint density at radius 3 is 2.52 bits per heavy atom. The van der Waals surface area contributed by atoms with E-state index in [1.54, 1.807) is 21.3 Å². The summed E-state index contributed by atoms with van der Waals surface area (Å²) in [6, 6.07) is 3.99. The van der Waals surface area contributed by atoms with Crippen molar-refractivity contribution in [3.63, 3.8) is 0 Å². The Hall–Kier alpha value is -3.59. The summed E-state index contributed by atoms with van der Waals surface area (Å²) in [5.74, 6) is 4.58. The van der Waals surface area contributed by atoms with Crippen LogP contribution in [0.3, 0.4) is 0 Å². The van der Waals surface area contributed by atoms with Gasteiger partial charge in [0.25, 0.3) is 0 Å². The molecule has 0 N–H and O–H groups in total. The van der Waals surface area contributed by atoms with Crippen molar-refractivity contribution in [2.24, 2.45) is 12.2 Å². The third-order valence-corrected chi connectivity index (χ3v) is 5.16. The molecular formula is C23H22N2O4. The molecule has 1 aromatic heterocycles. The molecule has 2 aliphatic rings. The second-order valence-electron chi connectivity index (χ2n) is 6.65. The highest BCUT2D eigenvalue weighted by molar-refractivity contribution is 6.15. The van der Waals surface area contributed by atoms with Gasteiger partial charge in [-0.2, -0.15) is 0 Å². The van der Waals surface area contributed by atoms with Crippen molar-refractivity contribution in [2.45, 2.75) is 6.42 Å². The Kier molecular flexibility index (Phi) is 4.81. The van der Waals surface area contributed by atoms with Crippen LogP contribution >= 0.6 is 0 Å². The predicted octanol–water partition coefficient (Wildman–Crippen LogP) is 1.54. The number of ether oxygens (including phenoxy) is 3. The number of rotatable bonds is 6. The van der Waals surface area contributed by atoms with E-state index < -0.39 is 0 Å². The maximum atomic E-state index is 5.55. The molecule has 148 valence electrons. The van der Waals surface area contributed by atoms with Crippen molar-refractivity contribution in [1.82, 2.24) is 4.57 Å². The van der Waals surface area contributed by atoms with E-state index in [2.05, 4.69) is 21.7 Å². The maximum absolute atomic E-state index is 5.55. The molecule has 0 amide bonds. The SMILES string of the molecule is C#CCCON=C1C(OC)=CC=c2c1c1c(n2C)=c2cc(OC)c(OC)cc2=C1. The molecule has 6 nitrogen and oxygen atoms in total. The number of oxime groups is 1. The number of aromatic nitrogens is 1. The van der Waals surface area contributed by atoms with Crippen molar-refractivity contribution < 1.29 is 19.0 Å². The van der Waals surface area contributed by atoms with Crippen LogP contribution in [0, 0.1) is 22.9 Å². The van der Waals surface area contributed by atoms with E-state index in [0.29, 0.717) is 36.0 Å². The monoisotopic (exact) mass is 390 g/mol. The zero-order chi connectivity index (χ0) is 20.5. The fourth-order valence-corrected chi connectivity index (χ4v) is 3.84. The van der Waals surface area contributed by atoms with Gasteiger partial charge in [-0.15, -0.1) is 12.3 Å². The standard InChI is InChI=1S/C23H22N2O4/c1-6-7-10-29-24-22-18(26-3)9-8-17-21(22)16-11-14-12-19(27-4)20(28-5)13-15(14)23(16)25(17)2/h1,8-9,11-13H,7,10H2,2-5H3. The van der Waals surface area contributed by atoms with Crippen LogP contribution in [0.4, 0.5) is 0 Å². The molecule has 0 saturated heterocycles. The highest BCUT2D eigenvalue weighted by atomic mass is 16.6. The fourth-order valence-electron chi connectivity index (χ4n) is 3.84. The Bertz CT molecular complexity index is 1310. The molecule has 0 radical (unpaired) electrons. The molecule has 2 aliphatic carbocycles. The van der Waals surface area contributed by atoms with E-state index in [1.807, 2.05) is 31.3 Å². The second-order valence-corrected chi connectivity index (χ2v) is 6.65. The lowest BCUT2D eigenvalue weighted by atomic mass is 10.0. The van der Waals surface area contributed by atoms with Gasteiger partial charge in [-0.1, -0.05) is 5.16 Å². The number of nitrogens with zero attached hydrogens (tertiary/aromatic N) is 2. The van der Waals surface area contributed by atoms with Crippen LogP contribution < -0.4 is 20.0 Å². The summed E-state index contributed by atoms with van der Waals surface area (Å²) in [7, 11) is 6.94. The van der Waals surface area contributed by atoms with Gasteiger partial charge in [0, 0.05) is 29.8 Å². The van der Waals surface area contributed by atoms with Gasteiger partial charge in [0.2, 0.25) is 0 Å². The molecule has 29 heavy (non-hydrogen) atoms. The predicted molar refractivity (Wildman–Crippen MR) is 111 cm³/mol. The molecule has 0 unspecified atom stereocenters. The Morgan fingerprint density at radius 2 is 1.83 bits per heavy atom. The molecule has 0 atom stereocenters. The number of benzene rings is 1. The Labute approximate surface area is 168 Å². The zero-order valence-corrected chi connectivity index (χ0v) is 16.9. The minimum absolute atomic E-state index is 0.351. The molecule has 0 bridgehead atoms. The minimum Gasteiger partial charge on any atom is -0.494 e. The average Bonchev–Trinajstić information content (AvgIpc) is 3.24. The Morgan fingerprint density at radius 1 is 1.07 bits per heavy atom. The number of fused-ring (bicyclic) bond motifs is 4. The molecular weight excluding hydrogens is 368 g/mol. The number of terminal acetylenes is 1. The first kappa shape index (κ1) is 18.8. The van der Waals surface area contributed by atoms with Crippen molar-refractivity contribution in [3.05, 3.63) is 56.2 Å². The van der Waals surface area contributed by atoms with Gasteiger partial charge in [-0.25, -0.2) is 0 Å². The van der Waals surface area contributed by atoms with Gasteiger partial charge < -0.3 is 23.6 Å². The molecule has 4 rings (SSSR count). The van der Waals surface area contributed by atoms with Crippen molar-refractivity contribution in [1.29, 1.82) is 0 Å². The first-order valence-electron chi connectivity index (χ1n) is 9.21. The number of hydrogen-bond acceptors (Lipinski definition) is 5. The van der Waals surface area contributed by atoms with Crippen LogP contribution in [-0.4, -0.2) is 38.2 Å². The molecule has 2 aromatic rings. The van der Waals surface area contributed by atoms with Crippen LogP contribution in [0.2, 0.25) is 0 Å². The van der Waals surface area contributed by atoms with E-state index in [-0.39, 0.29) is 0 Å². The normalized spacial score (nSPS) is 14.6. The smallest absolute Gasteiger partial charge is 0.161 e. The lowest BCUT2D eigenvalue weighted by Gasteiger charge is -2.13. The largest absolute Gasteiger partial charge is 0.494 e. The summed E-state index contributed by atoms with van der Waals surface area (Å²) < 4.78 is 18.7. The van der Waals surface area contributed by atoms with Gasteiger partial charge in [0.1, 0.15) is 12.4 Å². The molecule has 6 heteroatoms. The number of methoxy groups -OCH3 is 3. The minimum atomic E-state index is 0.351.